The van der Waals surface area contributed by atoms with E-state index in [2.05, 4.69) is 0 Å². The van der Waals surface area contributed by atoms with E-state index in [-0.39, 0.29) is 0 Å². The molecule has 0 aliphatic rings. The molecular weight excluding hydrogens is 209 g/mol. The van der Waals surface area contributed by atoms with Crippen molar-refractivity contribution >= 4 is 46.4 Å². The average molecular weight is 214 g/mol. The monoisotopic (exact) mass is 212 g/mol. The molecule has 0 spiro atoms. The Morgan fingerprint density at radius 2 is 1.67 bits per heavy atom. The molecule has 0 bridgehead atoms. The maximum Gasteiger partial charge on any atom is 0.229 e. The summed E-state index contributed by atoms with van der Waals surface area (Å²) in [6, 6.07) is 0. The van der Waals surface area contributed by atoms with Gasteiger partial charge in [-0.2, -0.15) is 0 Å². The molecule has 9 heavy (non-hydrogen) atoms. The van der Waals surface area contributed by atoms with Crippen LogP contribution in [-0.4, -0.2) is 15.3 Å². The van der Waals surface area contributed by atoms with Crippen LogP contribution in [0.15, 0.2) is 0 Å². The van der Waals surface area contributed by atoms with Crippen molar-refractivity contribution in [3.8, 4) is 0 Å². The van der Waals surface area contributed by atoms with Crippen molar-refractivity contribution in [3.05, 3.63) is 0 Å². The molecule has 0 saturated carbocycles. The van der Waals surface area contributed by atoms with Gasteiger partial charge in [-0.25, -0.2) is 4.39 Å². The summed E-state index contributed by atoms with van der Waals surface area (Å²) in [5.41, 5.74) is 0. The average Bonchev–Trinajstić information content (AvgIpc) is 1.64. The summed E-state index contributed by atoms with van der Waals surface area (Å²) in [4.78, 5) is 0. The normalized spacial score (nSPS) is 19.3. The number of hydrogen-bond acceptors (Lipinski definition) is 0. The third-order valence-corrected chi connectivity index (χ3v) is 2.62. The van der Waals surface area contributed by atoms with Crippen LogP contribution < -0.4 is 0 Å². The van der Waals surface area contributed by atoms with E-state index in [4.69, 9.17) is 46.4 Å². The van der Waals surface area contributed by atoms with E-state index in [1.54, 1.807) is 0 Å². The molecule has 0 fully saturated rings. The van der Waals surface area contributed by atoms with Crippen LogP contribution in [0.2, 0.25) is 0 Å². The van der Waals surface area contributed by atoms with Gasteiger partial charge >= 0.3 is 0 Å². The summed E-state index contributed by atoms with van der Waals surface area (Å²) in [6.07, 6.45) is 0. The van der Waals surface area contributed by atoms with Crippen molar-refractivity contribution in [1.82, 2.24) is 0 Å². The van der Waals surface area contributed by atoms with Crippen LogP contribution >= 0.6 is 46.4 Å². The molecule has 0 radical (unpaired) electrons. The Kier molecular flexibility index (Phi) is 3.36. The molecule has 5 heteroatoms. The van der Waals surface area contributed by atoms with E-state index in [1.165, 1.54) is 6.92 Å². The molecule has 56 valence electrons. The Hall–Kier alpha value is 1.09. The van der Waals surface area contributed by atoms with E-state index in [1.807, 2.05) is 0 Å². The van der Waals surface area contributed by atoms with Crippen molar-refractivity contribution < 1.29 is 4.39 Å². The van der Waals surface area contributed by atoms with Crippen LogP contribution in [0.3, 0.4) is 0 Å². The van der Waals surface area contributed by atoms with Crippen LogP contribution in [0.5, 0.6) is 0 Å². The minimum atomic E-state index is -2.25. The first-order chi connectivity index (χ1) is 3.81. The molecule has 0 saturated heterocycles. The van der Waals surface area contributed by atoms with Crippen molar-refractivity contribution in [2.24, 2.45) is 0 Å². The number of halogens is 5. The molecule has 0 nitrogen and oxygen atoms in total. The molecule has 1 unspecified atom stereocenters. The molecule has 0 rings (SSSR count). The first kappa shape index (κ1) is 10.1. The van der Waals surface area contributed by atoms with Gasteiger partial charge in [0.25, 0.3) is 0 Å². The zero-order valence-electron chi connectivity index (χ0n) is 4.60. The minimum Gasteiger partial charge on any atom is -0.222 e. The zero-order chi connectivity index (χ0) is 7.71. The van der Waals surface area contributed by atoms with E-state index in [0.717, 1.165) is 0 Å². The Labute approximate surface area is 73.2 Å². The molecular formula is C4H5Cl4F. The Balaban J connectivity index is 4.14. The van der Waals surface area contributed by atoms with Crippen molar-refractivity contribution in [2.75, 3.05) is 5.88 Å². The van der Waals surface area contributed by atoms with Crippen molar-refractivity contribution in [1.29, 1.82) is 0 Å². The lowest BCUT2D eigenvalue weighted by Crippen LogP contribution is -2.35. The quantitative estimate of drug-likeness (QED) is 0.618. The molecule has 0 aromatic heterocycles. The predicted molar refractivity (Wildman–Crippen MR) is 40.5 cm³/mol. The van der Waals surface area contributed by atoms with Crippen LogP contribution in [0.1, 0.15) is 6.92 Å². The number of alkyl halides is 5. The van der Waals surface area contributed by atoms with Gasteiger partial charge in [0.15, 0.2) is 4.33 Å². The second kappa shape index (κ2) is 3.00. The topological polar surface area (TPSA) is 0 Å². The second-order valence-electron chi connectivity index (χ2n) is 1.73. The van der Waals surface area contributed by atoms with Gasteiger partial charge in [0.2, 0.25) is 5.13 Å². The molecule has 0 amide bonds. The minimum absolute atomic E-state index is 0.432. The van der Waals surface area contributed by atoms with Crippen molar-refractivity contribution in [2.45, 2.75) is 16.4 Å². The summed E-state index contributed by atoms with van der Waals surface area (Å²) in [7, 11) is 0. The Bertz CT molecular complexity index is 95.2. The van der Waals surface area contributed by atoms with Gasteiger partial charge in [-0.3, -0.25) is 0 Å². The standard InChI is InChI=1S/C4H5Cl4F/c1-3(6,7)4(8,9)2-5/h2H2,1H3. The Morgan fingerprint density at radius 1 is 1.33 bits per heavy atom. The highest BCUT2D eigenvalue weighted by atomic mass is 35.5. The van der Waals surface area contributed by atoms with Crippen LogP contribution in [-0.2, 0) is 0 Å². The molecule has 0 heterocycles. The molecule has 0 aromatic rings. The van der Waals surface area contributed by atoms with E-state index < -0.39 is 15.3 Å². The maximum atomic E-state index is 12.7. The van der Waals surface area contributed by atoms with Crippen LogP contribution in [0.4, 0.5) is 4.39 Å². The fraction of sp³-hybridized carbons (Fsp3) is 1.00. The zero-order valence-corrected chi connectivity index (χ0v) is 7.62. The largest absolute Gasteiger partial charge is 0.229 e. The van der Waals surface area contributed by atoms with E-state index >= 15 is 0 Å². The predicted octanol–water partition coefficient (Wildman–Crippen LogP) is 3.32. The summed E-state index contributed by atoms with van der Waals surface area (Å²) in [5, 5.41) is -2.25. The second-order valence-corrected chi connectivity index (χ2v) is 4.30. The summed E-state index contributed by atoms with van der Waals surface area (Å²) >= 11 is 20.8. The summed E-state index contributed by atoms with van der Waals surface area (Å²) in [5.74, 6) is -0.432. The lowest BCUT2D eigenvalue weighted by molar-refractivity contribution is 0.287. The lowest BCUT2D eigenvalue weighted by Gasteiger charge is -2.24. The van der Waals surface area contributed by atoms with Crippen LogP contribution in [0, 0.1) is 0 Å². The maximum absolute atomic E-state index is 12.7. The van der Waals surface area contributed by atoms with Gasteiger partial charge in [-0.1, -0.05) is 34.8 Å². The van der Waals surface area contributed by atoms with Gasteiger partial charge in [-0.15, -0.1) is 11.6 Å². The summed E-state index contributed by atoms with van der Waals surface area (Å²) in [6.45, 7) is 1.24. The van der Waals surface area contributed by atoms with Gasteiger partial charge in [0.05, 0.1) is 5.88 Å². The first-order valence-electron chi connectivity index (χ1n) is 2.13. The lowest BCUT2D eigenvalue weighted by atomic mass is 10.3. The molecule has 0 aliphatic heterocycles. The van der Waals surface area contributed by atoms with Gasteiger partial charge in [0, 0.05) is 0 Å². The summed E-state index contributed by atoms with van der Waals surface area (Å²) < 4.78 is 11.1. The highest BCUT2D eigenvalue weighted by Crippen LogP contribution is 2.40. The Morgan fingerprint density at radius 3 is 1.67 bits per heavy atom. The highest BCUT2D eigenvalue weighted by Gasteiger charge is 2.44. The molecule has 0 aromatic carbocycles. The van der Waals surface area contributed by atoms with E-state index in [0.29, 0.717) is 0 Å². The van der Waals surface area contributed by atoms with Crippen molar-refractivity contribution in [3.63, 3.8) is 0 Å². The SMILES string of the molecule is CC(Cl)(Cl)C(F)(Cl)CCl. The highest BCUT2D eigenvalue weighted by molar-refractivity contribution is 6.53. The third-order valence-electron chi connectivity index (χ3n) is 0.810. The molecule has 0 N–H and O–H groups in total. The number of hydrogen-bond donors (Lipinski definition) is 0. The fourth-order valence-electron chi connectivity index (χ4n) is 0.117. The molecule has 0 aliphatic carbocycles. The van der Waals surface area contributed by atoms with Gasteiger partial charge in [-0.05, 0) is 6.92 Å². The third kappa shape index (κ3) is 2.67. The fourth-order valence-corrected chi connectivity index (χ4v) is 0.655. The van der Waals surface area contributed by atoms with Gasteiger partial charge < -0.3 is 0 Å². The number of rotatable bonds is 2. The molecule has 1 atom stereocenters. The van der Waals surface area contributed by atoms with E-state index in [9.17, 15) is 4.39 Å². The van der Waals surface area contributed by atoms with Crippen LogP contribution in [0.25, 0.3) is 0 Å². The smallest absolute Gasteiger partial charge is 0.222 e. The first-order valence-corrected chi connectivity index (χ1v) is 3.80. The van der Waals surface area contributed by atoms with Gasteiger partial charge in [0.1, 0.15) is 0 Å².